The molecule has 120 valence electrons. The Morgan fingerprint density at radius 2 is 2.05 bits per heavy atom. The molecule has 2 heterocycles. The molecule has 0 aromatic heterocycles. The molecule has 1 unspecified atom stereocenters. The van der Waals surface area contributed by atoms with Gasteiger partial charge in [-0.1, -0.05) is 6.07 Å². The molecule has 0 aliphatic carbocycles. The molecule has 1 amide bonds. The van der Waals surface area contributed by atoms with Crippen LogP contribution >= 0.6 is 0 Å². The summed E-state index contributed by atoms with van der Waals surface area (Å²) >= 11 is 0. The molecule has 7 heteroatoms. The fraction of sp³-hybridized carbons (Fsp3) is 0.533. The van der Waals surface area contributed by atoms with E-state index in [4.69, 9.17) is 4.74 Å². The monoisotopic (exact) mass is 314 g/mol. The number of nitrogens with one attached hydrogen (secondary N) is 1. The second kappa shape index (κ2) is 5.46. The van der Waals surface area contributed by atoms with Gasteiger partial charge in [-0.3, -0.25) is 4.90 Å². The highest BCUT2D eigenvalue weighted by atomic mass is 19.4. The summed E-state index contributed by atoms with van der Waals surface area (Å²) in [4.78, 5) is 13.4. The minimum absolute atomic E-state index is 0.230. The smallest absolute Gasteiger partial charge is 0.416 e. The molecule has 2 aliphatic heterocycles. The van der Waals surface area contributed by atoms with Crippen molar-refractivity contribution in [2.75, 3.05) is 24.5 Å². The molecule has 3 rings (SSSR count). The van der Waals surface area contributed by atoms with Gasteiger partial charge in [-0.25, -0.2) is 4.79 Å². The van der Waals surface area contributed by atoms with Crippen LogP contribution in [0.25, 0.3) is 0 Å². The van der Waals surface area contributed by atoms with Gasteiger partial charge in [0.15, 0.2) is 0 Å². The van der Waals surface area contributed by atoms with Gasteiger partial charge in [0.25, 0.3) is 0 Å². The first-order valence-corrected chi connectivity index (χ1v) is 7.28. The summed E-state index contributed by atoms with van der Waals surface area (Å²) in [5.41, 5.74) is -1.12. The lowest BCUT2D eigenvalue weighted by molar-refractivity contribution is -0.137. The van der Waals surface area contributed by atoms with Crippen molar-refractivity contribution in [1.82, 2.24) is 5.32 Å². The number of benzene rings is 1. The first kappa shape index (κ1) is 15.1. The first-order chi connectivity index (χ1) is 10.4. The second-order valence-electron chi connectivity index (χ2n) is 5.79. The first-order valence-electron chi connectivity index (χ1n) is 7.28. The van der Waals surface area contributed by atoms with E-state index >= 15 is 0 Å². The Morgan fingerprint density at radius 3 is 2.82 bits per heavy atom. The number of ether oxygens (including phenoxy) is 1. The highest BCUT2D eigenvalue weighted by Crippen LogP contribution is 2.37. The fourth-order valence-electron chi connectivity index (χ4n) is 3.03. The lowest BCUT2D eigenvalue weighted by Crippen LogP contribution is -2.35. The van der Waals surface area contributed by atoms with E-state index in [0.717, 1.165) is 38.1 Å². The van der Waals surface area contributed by atoms with E-state index in [1.807, 2.05) is 0 Å². The molecule has 1 spiro atoms. The van der Waals surface area contributed by atoms with Crippen molar-refractivity contribution in [2.45, 2.75) is 31.0 Å². The minimum Gasteiger partial charge on any atom is -0.441 e. The van der Waals surface area contributed by atoms with E-state index in [2.05, 4.69) is 5.32 Å². The number of halogens is 3. The number of carbonyl (C=O) groups excluding carboxylic acids is 1. The minimum atomic E-state index is -4.43. The Balaban J connectivity index is 1.85. The van der Waals surface area contributed by atoms with E-state index in [9.17, 15) is 18.0 Å². The van der Waals surface area contributed by atoms with Gasteiger partial charge in [0, 0.05) is 12.1 Å². The molecule has 1 aromatic rings. The topological polar surface area (TPSA) is 41.6 Å². The molecule has 0 radical (unpaired) electrons. The largest absolute Gasteiger partial charge is 0.441 e. The van der Waals surface area contributed by atoms with Gasteiger partial charge in [0.05, 0.1) is 12.1 Å². The number of rotatable bonds is 1. The average molecular weight is 314 g/mol. The number of carbonyl (C=O) groups is 1. The van der Waals surface area contributed by atoms with Crippen LogP contribution in [-0.2, 0) is 10.9 Å². The third kappa shape index (κ3) is 2.90. The van der Waals surface area contributed by atoms with Gasteiger partial charge in [0.2, 0.25) is 0 Å². The second-order valence-corrected chi connectivity index (χ2v) is 5.79. The van der Waals surface area contributed by atoms with Crippen LogP contribution < -0.4 is 10.2 Å². The summed E-state index contributed by atoms with van der Waals surface area (Å²) in [5.74, 6) is 0. The zero-order valence-electron chi connectivity index (χ0n) is 11.9. The van der Waals surface area contributed by atoms with Crippen molar-refractivity contribution in [3.05, 3.63) is 29.8 Å². The van der Waals surface area contributed by atoms with Gasteiger partial charge < -0.3 is 10.1 Å². The van der Waals surface area contributed by atoms with Crippen LogP contribution in [0.1, 0.15) is 24.8 Å². The van der Waals surface area contributed by atoms with Gasteiger partial charge in [0.1, 0.15) is 5.60 Å². The number of hydrogen-bond acceptors (Lipinski definition) is 3. The standard InChI is InChI=1S/C15H17F3N2O2/c16-15(17,18)11-3-1-4-12(9-11)20-10-14(22-13(20)21)5-2-7-19-8-6-14/h1,3-4,9,19H,2,5-8,10H2. The Kier molecular flexibility index (Phi) is 3.76. The molecule has 1 N–H and O–H groups in total. The van der Waals surface area contributed by atoms with E-state index in [1.54, 1.807) is 0 Å². The van der Waals surface area contributed by atoms with Gasteiger partial charge in [-0.15, -0.1) is 0 Å². The summed E-state index contributed by atoms with van der Waals surface area (Å²) in [7, 11) is 0. The molecule has 2 aliphatic rings. The van der Waals surface area contributed by atoms with Crippen molar-refractivity contribution >= 4 is 11.8 Å². The fourth-order valence-corrected chi connectivity index (χ4v) is 3.03. The molecule has 0 saturated carbocycles. The number of hydrogen-bond donors (Lipinski definition) is 1. The number of amides is 1. The van der Waals surface area contributed by atoms with Crippen LogP contribution in [0.3, 0.4) is 0 Å². The molecule has 2 saturated heterocycles. The maximum absolute atomic E-state index is 12.8. The maximum Gasteiger partial charge on any atom is 0.416 e. The SMILES string of the molecule is O=C1OC2(CCCNCC2)CN1c1cccc(C(F)(F)F)c1. The lowest BCUT2D eigenvalue weighted by atomic mass is 9.95. The van der Waals surface area contributed by atoms with Crippen molar-refractivity contribution in [3.63, 3.8) is 0 Å². The summed E-state index contributed by atoms with van der Waals surface area (Å²) in [5, 5.41) is 3.24. The van der Waals surface area contributed by atoms with Crippen LogP contribution in [0.15, 0.2) is 24.3 Å². The lowest BCUT2D eigenvalue weighted by Gasteiger charge is -2.24. The summed E-state index contributed by atoms with van der Waals surface area (Å²) < 4.78 is 44.0. The molecule has 0 bridgehead atoms. The third-order valence-corrected chi connectivity index (χ3v) is 4.20. The molecule has 1 aromatic carbocycles. The predicted molar refractivity (Wildman–Crippen MR) is 74.7 cm³/mol. The van der Waals surface area contributed by atoms with Crippen molar-refractivity contribution < 1.29 is 22.7 Å². The number of alkyl halides is 3. The highest BCUT2D eigenvalue weighted by molar-refractivity contribution is 5.90. The van der Waals surface area contributed by atoms with E-state index in [0.29, 0.717) is 13.0 Å². The Bertz CT molecular complexity index is 566. The zero-order valence-corrected chi connectivity index (χ0v) is 11.9. The van der Waals surface area contributed by atoms with Crippen molar-refractivity contribution in [3.8, 4) is 0 Å². The highest BCUT2D eigenvalue weighted by Gasteiger charge is 2.45. The van der Waals surface area contributed by atoms with Gasteiger partial charge in [-0.2, -0.15) is 13.2 Å². The molecule has 4 nitrogen and oxygen atoms in total. The van der Waals surface area contributed by atoms with Gasteiger partial charge in [-0.05, 0) is 44.1 Å². The summed E-state index contributed by atoms with van der Waals surface area (Å²) in [6.07, 6.45) is -2.72. The number of nitrogens with zero attached hydrogens (tertiary/aromatic N) is 1. The van der Waals surface area contributed by atoms with Crippen LogP contribution in [0.5, 0.6) is 0 Å². The Morgan fingerprint density at radius 1 is 1.23 bits per heavy atom. The van der Waals surface area contributed by atoms with E-state index in [-0.39, 0.29) is 5.69 Å². The zero-order chi connectivity index (χ0) is 15.8. The Hall–Kier alpha value is -1.76. The van der Waals surface area contributed by atoms with Crippen molar-refractivity contribution in [2.24, 2.45) is 0 Å². The summed E-state index contributed by atoms with van der Waals surface area (Å²) in [6.45, 7) is 1.90. The molecular weight excluding hydrogens is 297 g/mol. The Labute approximate surface area is 126 Å². The maximum atomic E-state index is 12.8. The van der Waals surface area contributed by atoms with E-state index in [1.165, 1.54) is 17.0 Å². The number of anilines is 1. The molecule has 1 atom stereocenters. The average Bonchev–Trinajstić information content (AvgIpc) is 2.64. The quantitative estimate of drug-likeness (QED) is 0.865. The van der Waals surface area contributed by atoms with Crippen molar-refractivity contribution in [1.29, 1.82) is 0 Å². The summed E-state index contributed by atoms with van der Waals surface area (Å²) in [6, 6.07) is 4.81. The molecule has 2 fully saturated rings. The van der Waals surface area contributed by atoms with Crippen LogP contribution in [-0.4, -0.2) is 31.3 Å². The van der Waals surface area contributed by atoms with Crippen LogP contribution in [0.4, 0.5) is 23.7 Å². The molecular formula is C15H17F3N2O2. The van der Waals surface area contributed by atoms with Crippen LogP contribution in [0, 0.1) is 0 Å². The van der Waals surface area contributed by atoms with Gasteiger partial charge >= 0.3 is 12.3 Å². The van der Waals surface area contributed by atoms with Crippen LogP contribution in [0.2, 0.25) is 0 Å². The normalized spacial score (nSPS) is 26.1. The predicted octanol–water partition coefficient (Wildman–Crippen LogP) is 3.17. The van der Waals surface area contributed by atoms with E-state index < -0.39 is 23.4 Å². The molecule has 22 heavy (non-hydrogen) atoms. The third-order valence-electron chi connectivity index (χ3n) is 4.20.